The summed E-state index contributed by atoms with van der Waals surface area (Å²) in [6.07, 6.45) is 1.11. The van der Waals surface area contributed by atoms with Crippen LogP contribution >= 0.6 is 0 Å². The lowest BCUT2D eigenvalue weighted by atomic mass is 10.0. The highest BCUT2D eigenvalue weighted by Gasteiger charge is 2.64. The van der Waals surface area contributed by atoms with Gasteiger partial charge in [0.1, 0.15) is 0 Å². The topological polar surface area (TPSA) is 21.3 Å². The van der Waals surface area contributed by atoms with E-state index >= 15 is 0 Å². The van der Waals surface area contributed by atoms with Gasteiger partial charge in [0.2, 0.25) is 0 Å². The van der Waals surface area contributed by atoms with Crippen LogP contribution in [0.25, 0.3) is 0 Å². The Kier molecular flexibility index (Phi) is 3.59. The third-order valence-corrected chi connectivity index (χ3v) is 3.96. The standard InChI is InChI=1S/C12H25NO/c1-6-8-14-9-7-13-10-11(2,3)12(10,4)5/h10,13H,6-9H2,1-5H3. The minimum atomic E-state index is 0.442. The molecule has 0 heterocycles. The Morgan fingerprint density at radius 1 is 1.07 bits per heavy atom. The van der Waals surface area contributed by atoms with Crippen molar-refractivity contribution < 1.29 is 4.74 Å². The minimum absolute atomic E-state index is 0.442. The predicted octanol–water partition coefficient (Wildman–Crippen LogP) is 2.44. The van der Waals surface area contributed by atoms with Crippen LogP contribution in [0.3, 0.4) is 0 Å². The molecule has 1 N–H and O–H groups in total. The Labute approximate surface area is 88.4 Å². The molecule has 1 aliphatic carbocycles. The zero-order chi connectivity index (χ0) is 10.8. The van der Waals surface area contributed by atoms with Crippen LogP contribution in [0.15, 0.2) is 0 Å². The molecule has 0 spiro atoms. The average molecular weight is 199 g/mol. The highest BCUT2D eigenvalue weighted by Crippen LogP contribution is 2.62. The quantitative estimate of drug-likeness (QED) is 0.663. The molecule has 1 aliphatic rings. The summed E-state index contributed by atoms with van der Waals surface area (Å²) in [5.41, 5.74) is 0.884. The van der Waals surface area contributed by atoms with Gasteiger partial charge in [-0.1, -0.05) is 34.6 Å². The van der Waals surface area contributed by atoms with Gasteiger partial charge in [-0.3, -0.25) is 0 Å². The molecule has 0 aromatic carbocycles. The van der Waals surface area contributed by atoms with Crippen LogP contribution in [-0.2, 0) is 4.74 Å². The Morgan fingerprint density at radius 3 is 2.07 bits per heavy atom. The van der Waals surface area contributed by atoms with E-state index in [2.05, 4.69) is 39.9 Å². The molecule has 2 nitrogen and oxygen atoms in total. The van der Waals surface area contributed by atoms with Crippen molar-refractivity contribution in [1.82, 2.24) is 5.32 Å². The number of nitrogens with one attached hydrogen (secondary N) is 1. The lowest BCUT2D eigenvalue weighted by molar-refractivity contribution is 0.135. The van der Waals surface area contributed by atoms with E-state index in [1.807, 2.05) is 0 Å². The second kappa shape index (κ2) is 4.19. The van der Waals surface area contributed by atoms with Crippen LogP contribution in [0, 0.1) is 10.8 Å². The van der Waals surface area contributed by atoms with Gasteiger partial charge < -0.3 is 10.1 Å². The maximum atomic E-state index is 5.43. The third-order valence-electron chi connectivity index (χ3n) is 3.96. The molecule has 0 amide bonds. The van der Waals surface area contributed by atoms with E-state index in [1.165, 1.54) is 0 Å². The fourth-order valence-electron chi connectivity index (χ4n) is 2.23. The molecule has 0 bridgehead atoms. The Bertz CT molecular complexity index is 173. The predicted molar refractivity (Wildman–Crippen MR) is 60.5 cm³/mol. The van der Waals surface area contributed by atoms with Crippen molar-refractivity contribution in [3.8, 4) is 0 Å². The van der Waals surface area contributed by atoms with E-state index in [0.29, 0.717) is 16.9 Å². The first-order valence-electron chi connectivity index (χ1n) is 5.75. The van der Waals surface area contributed by atoms with Crippen molar-refractivity contribution in [3.05, 3.63) is 0 Å². The summed E-state index contributed by atoms with van der Waals surface area (Å²) in [7, 11) is 0. The monoisotopic (exact) mass is 199 g/mol. The molecule has 0 aromatic rings. The van der Waals surface area contributed by atoms with Crippen molar-refractivity contribution in [1.29, 1.82) is 0 Å². The van der Waals surface area contributed by atoms with Crippen molar-refractivity contribution in [2.24, 2.45) is 10.8 Å². The number of ether oxygens (including phenoxy) is 1. The van der Waals surface area contributed by atoms with Crippen LogP contribution in [0.4, 0.5) is 0 Å². The molecule has 0 saturated heterocycles. The van der Waals surface area contributed by atoms with E-state index in [1.54, 1.807) is 0 Å². The summed E-state index contributed by atoms with van der Waals surface area (Å²) >= 11 is 0. The molecule has 1 saturated carbocycles. The van der Waals surface area contributed by atoms with E-state index < -0.39 is 0 Å². The molecule has 14 heavy (non-hydrogen) atoms. The third kappa shape index (κ3) is 2.12. The molecular formula is C12H25NO. The highest BCUT2D eigenvalue weighted by atomic mass is 16.5. The largest absolute Gasteiger partial charge is 0.380 e. The lowest BCUT2D eigenvalue weighted by Crippen LogP contribution is -2.26. The summed E-state index contributed by atoms with van der Waals surface area (Å²) < 4.78 is 5.43. The van der Waals surface area contributed by atoms with Gasteiger partial charge in [-0.05, 0) is 17.3 Å². The Balaban J connectivity index is 2.10. The van der Waals surface area contributed by atoms with Crippen LogP contribution in [0.5, 0.6) is 0 Å². The molecule has 84 valence electrons. The average Bonchev–Trinajstić information content (AvgIpc) is 2.46. The summed E-state index contributed by atoms with van der Waals surface area (Å²) in [6, 6.07) is 0.653. The Hall–Kier alpha value is -0.0800. The van der Waals surface area contributed by atoms with Crippen LogP contribution < -0.4 is 5.32 Å². The van der Waals surface area contributed by atoms with Gasteiger partial charge in [0.15, 0.2) is 0 Å². The summed E-state index contributed by atoms with van der Waals surface area (Å²) in [5, 5.41) is 3.57. The van der Waals surface area contributed by atoms with Gasteiger partial charge in [0.05, 0.1) is 6.61 Å². The first-order valence-corrected chi connectivity index (χ1v) is 5.75. The van der Waals surface area contributed by atoms with Crippen molar-refractivity contribution in [2.45, 2.75) is 47.1 Å². The minimum Gasteiger partial charge on any atom is -0.380 e. The highest BCUT2D eigenvalue weighted by molar-refractivity contribution is 5.17. The summed E-state index contributed by atoms with van der Waals surface area (Å²) in [6.45, 7) is 14.2. The van der Waals surface area contributed by atoms with Crippen LogP contribution in [0.1, 0.15) is 41.0 Å². The van der Waals surface area contributed by atoms with Gasteiger partial charge in [-0.25, -0.2) is 0 Å². The molecule has 0 aromatic heterocycles. The first kappa shape index (κ1) is 12.0. The normalized spacial score (nSPS) is 23.8. The van der Waals surface area contributed by atoms with Crippen molar-refractivity contribution >= 4 is 0 Å². The fraction of sp³-hybridized carbons (Fsp3) is 1.00. The molecule has 2 heteroatoms. The van der Waals surface area contributed by atoms with Gasteiger partial charge in [-0.15, -0.1) is 0 Å². The molecule has 0 atom stereocenters. The van der Waals surface area contributed by atoms with Gasteiger partial charge in [0.25, 0.3) is 0 Å². The Morgan fingerprint density at radius 2 is 1.64 bits per heavy atom. The zero-order valence-electron chi connectivity index (χ0n) is 10.3. The SMILES string of the molecule is CCCOCCNC1C(C)(C)C1(C)C. The molecule has 1 rings (SSSR count). The van der Waals surface area contributed by atoms with E-state index in [9.17, 15) is 0 Å². The van der Waals surface area contributed by atoms with E-state index in [4.69, 9.17) is 4.74 Å². The van der Waals surface area contributed by atoms with Gasteiger partial charge in [-0.2, -0.15) is 0 Å². The summed E-state index contributed by atoms with van der Waals surface area (Å²) in [5.74, 6) is 0. The maximum Gasteiger partial charge on any atom is 0.0591 e. The number of hydrogen-bond acceptors (Lipinski definition) is 2. The molecular weight excluding hydrogens is 174 g/mol. The van der Waals surface area contributed by atoms with Crippen LogP contribution in [0.2, 0.25) is 0 Å². The molecule has 0 aliphatic heterocycles. The fourth-order valence-corrected chi connectivity index (χ4v) is 2.23. The number of hydrogen-bond donors (Lipinski definition) is 1. The van der Waals surface area contributed by atoms with Crippen LogP contribution in [-0.4, -0.2) is 25.8 Å². The maximum absolute atomic E-state index is 5.43. The second-order valence-electron chi connectivity index (χ2n) is 5.44. The van der Waals surface area contributed by atoms with Gasteiger partial charge >= 0.3 is 0 Å². The summed E-state index contributed by atoms with van der Waals surface area (Å²) in [4.78, 5) is 0. The smallest absolute Gasteiger partial charge is 0.0591 e. The molecule has 0 radical (unpaired) electrons. The molecule has 0 unspecified atom stereocenters. The number of rotatable bonds is 6. The van der Waals surface area contributed by atoms with Crippen molar-refractivity contribution in [2.75, 3.05) is 19.8 Å². The molecule has 1 fully saturated rings. The van der Waals surface area contributed by atoms with E-state index in [0.717, 1.165) is 26.2 Å². The van der Waals surface area contributed by atoms with E-state index in [-0.39, 0.29) is 0 Å². The van der Waals surface area contributed by atoms with Gasteiger partial charge in [0, 0.05) is 19.2 Å². The zero-order valence-corrected chi connectivity index (χ0v) is 10.3. The van der Waals surface area contributed by atoms with Crippen molar-refractivity contribution in [3.63, 3.8) is 0 Å². The first-order chi connectivity index (χ1) is 6.44. The second-order valence-corrected chi connectivity index (χ2v) is 5.44. The lowest BCUT2D eigenvalue weighted by Gasteiger charge is -2.06.